The van der Waals surface area contributed by atoms with Crippen molar-refractivity contribution in [2.24, 2.45) is 5.73 Å². The summed E-state index contributed by atoms with van der Waals surface area (Å²) in [5, 5.41) is 8.59. The molecule has 1 aromatic rings. The normalized spacial score (nSPS) is 12.2. The second-order valence-corrected chi connectivity index (χ2v) is 3.91. The SMILES string of the molecule is Cc1ccc(CN(C)C(=O)CC(N)C(=O)O)o1. The van der Waals surface area contributed by atoms with Crippen LogP contribution in [0.4, 0.5) is 0 Å². The number of carbonyl (C=O) groups excluding carboxylic acids is 1. The third-order valence-corrected chi connectivity index (χ3v) is 2.33. The van der Waals surface area contributed by atoms with E-state index in [1.165, 1.54) is 4.90 Å². The van der Waals surface area contributed by atoms with Crippen molar-refractivity contribution in [2.45, 2.75) is 25.9 Å². The lowest BCUT2D eigenvalue weighted by atomic mass is 10.2. The van der Waals surface area contributed by atoms with Crippen LogP contribution < -0.4 is 5.73 Å². The van der Waals surface area contributed by atoms with Gasteiger partial charge in [0.15, 0.2) is 0 Å². The Kier molecular flexibility index (Phi) is 4.28. The molecule has 94 valence electrons. The monoisotopic (exact) mass is 240 g/mol. The molecule has 0 saturated heterocycles. The van der Waals surface area contributed by atoms with E-state index in [0.29, 0.717) is 12.3 Å². The molecule has 0 aliphatic carbocycles. The molecule has 6 heteroatoms. The fourth-order valence-corrected chi connectivity index (χ4v) is 1.32. The van der Waals surface area contributed by atoms with Gasteiger partial charge in [-0.2, -0.15) is 0 Å². The number of aliphatic carboxylic acids is 1. The average Bonchev–Trinajstić information content (AvgIpc) is 2.63. The lowest BCUT2D eigenvalue weighted by Crippen LogP contribution is -2.37. The van der Waals surface area contributed by atoms with Crippen LogP contribution in [0, 0.1) is 6.92 Å². The van der Waals surface area contributed by atoms with E-state index in [4.69, 9.17) is 15.3 Å². The van der Waals surface area contributed by atoms with Crippen LogP contribution in [-0.4, -0.2) is 35.0 Å². The Hall–Kier alpha value is -1.82. The smallest absolute Gasteiger partial charge is 0.321 e. The van der Waals surface area contributed by atoms with Crippen LogP contribution in [0.5, 0.6) is 0 Å². The zero-order valence-electron chi connectivity index (χ0n) is 9.84. The summed E-state index contributed by atoms with van der Waals surface area (Å²) >= 11 is 0. The maximum atomic E-state index is 11.6. The first-order valence-electron chi connectivity index (χ1n) is 5.18. The summed E-state index contributed by atoms with van der Waals surface area (Å²) in [5.74, 6) is -0.0834. The van der Waals surface area contributed by atoms with E-state index in [9.17, 15) is 9.59 Å². The number of carbonyl (C=O) groups is 2. The highest BCUT2D eigenvalue weighted by Gasteiger charge is 2.19. The fraction of sp³-hybridized carbons (Fsp3) is 0.455. The Morgan fingerprint density at radius 1 is 1.53 bits per heavy atom. The van der Waals surface area contributed by atoms with Crippen LogP contribution in [0.2, 0.25) is 0 Å². The molecule has 1 unspecified atom stereocenters. The molecule has 1 aromatic heterocycles. The molecule has 1 atom stereocenters. The lowest BCUT2D eigenvalue weighted by Gasteiger charge is -2.16. The summed E-state index contributed by atoms with van der Waals surface area (Å²) < 4.78 is 5.32. The predicted octanol–water partition coefficient (Wildman–Crippen LogP) is 0.348. The van der Waals surface area contributed by atoms with Crippen molar-refractivity contribution in [2.75, 3.05) is 7.05 Å². The van der Waals surface area contributed by atoms with Crippen molar-refractivity contribution < 1.29 is 19.1 Å². The minimum atomic E-state index is -1.18. The molecule has 0 aliphatic rings. The molecule has 3 N–H and O–H groups in total. The first-order valence-corrected chi connectivity index (χ1v) is 5.18. The molecule has 1 amide bonds. The first kappa shape index (κ1) is 13.2. The molecule has 0 saturated carbocycles. The van der Waals surface area contributed by atoms with Gasteiger partial charge in [-0.05, 0) is 19.1 Å². The van der Waals surface area contributed by atoms with Crippen LogP contribution in [0.25, 0.3) is 0 Å². The number of rotatable bonds is 5. The van der Waals surface area contributed by atoms with Gasteiger partial charge in [0.05, 0.1) is 13.0 Å². The van der Waals surface area contributed by atoms with E-state index >= 15 is 0 Å². The second kappa shape index (κ2) is 5.49. The van der Waals surface area contributed by atoms with Crippen LogP contribution in [-0.2, 0) is 16.1 Å². The highest BCUT2D eigenvalue weighted by atomic mass is 16.4. The van der Waals surface area contributed by atoms with Gasteiger partial charge in [0.2, 0.25) is 5.91 Å². The molecule has 0 bridgehead atoms. The van der Waals surface area contributed by atoms with Crippen molar-refractivity contribution >= 4 is 11.9 Å². The standard InChI is InChI=1S/C11H16N2O4/c1-7-3-4-8(17-7)6-13(2)10(14)5-9(12)11(15)16/h3-4,9H,5-6,12H2,1-2H3,(H,15,16). The Labute approximate surface area is 99.0 Å². The quantitative estimate of drug-likeness (QED) is 0.774. The van der Waals surface area contributed by atoms with E-state index in [2.05, 4.69) is 0 Å². The number of furan rings is 1. The van der Waals surface area contributed by atoms with Crippen molar-refractivity contribution in [3.63, 3.8) is 0 Å². The van der Waals surface area contributed by atoms with Gasteiger partial charge < -0.3 is 20.2 Å². The van der Waals surface area contributed by atoms with Gasteiger partial charge in [0.1, 0.15) is 17.6 Å². The Balaban J connectivity index is 2.50. The number of nitrogens with two attached hydrogens (primary N) is 1. The maximum Gasteiger partial charge on any atom is 0.321 e. The number of hydrogen-bond acceptors (Lipinski definition) is 4. The fourth-order valence-electron chi connectivity index (χ4n) is 1.32. The third-order valence-electron chi connectivity index (χ3n) is 2.33. The van der Waals surface area contributed by atoms with E-state index < -0.39 is 12.0 Å². The summed E-state index contributed by atoms with van der Waals surface area (Å²) in [6.45, 7) is 2.12. The van der Waals surface area contributed by atoms with Gasteiger partial charge in [0.25, 0.3) is 0 Å². The number of carboxylic acid groups (broad SMARTS) is 1. The molecule has 0 spiro atoms. The molecule has 0 fully saturated rings. The predicted molar refractivity (Wildman–Crippen MR) is 60.1 cm³/mol. The van der Waals surface area contributed by atoms with Crippen LogP contribution in [0.3, 0.4) is 0 Å². The topological polar surface area (TPSA) is 96.8 Å². The number of nitrogens with zero attached hydrogens (tertiary/aromatic N) is 1. The molecule has 1 rings (SSSR count). The Morgan fingerprint density at radius 2 is 2.18 bits per heavy atom. The Bertz CT molecular complexity index is 413. The lowest BCUT2D eigenvalue weighted by molar-refractivity contribution is -0.142. The summed E-state index contributed by atoms with van der Waals surface area (Å²) in [7, 11) is 1.58. The first-order chi connectivity index (χ1) is 7.90. The molecular weight excluding hydrogens is 224 g/mol. The highest BCUT2D eigenvalue weighted by molar-refractivity contribution is 5.84. The largest absolute Gasteiger partial charge is 0.480 e. The van der Waals surface area contributed by atoms with Gasteiger partial charge in [-0.25, -0.2) is 0 Å². The van der Waals surface area contributed by atoms with Crippen molar-refractivity contribution in [3.05, 3.63) is 23.7 Å². The van der Waals surface area contributed by atoms with Crippen molar-refractivity contribution in [1.29, 1.82) is 0 Å². The third kappa shape index (κ3) is 3.92. The highest BCUT2D eigenvalue weighted by Crippen LogP contribution is 2.09. The molecule has 0 aromatic carbocycles. The van der Waals surface area contributed by atoms with E-state index in [1.807, 2.05) is 6.92 Å². The van der Waals surface area contributed by atoms with E-state index in [0.717, 1.165) is 5.76 Å². The van der Waals surface area contributed by atoms with Crippen LogP contribution in [0.15, 0.2) is 16.5 Å². The van der Waals surface area contributed by atoms with Crippen molar-refractivity contribution in [3.8, 4) is 0 Å². The summed E-state index contributed by atoms with van der Waals surface area (Å²) in [4.78, 5) is 23.5. The number of hydrogen-bond donors (Lipinski definition) is 2. The van der Waals surface area contributed by atoms with Gasteiger partial charge in [-0.15, -0.1) is 0 Å². The molecule has 0 radical (unpaired) electrons. The van der Waals surface area contributed by atoms with Crippen LogP contribution >= 0.6 is 0 Å². The minimum Gasteiger partial charge on any atom is -0.480 e. The zero-order valence-corrected chi connectivity index (χ0v) is 9.84. The van der Waals surface area contributed by atoms with Gasteiger partial charge >= 0.3 is 5.97 Å². The van der Waals surface area contributed by atoms with Crippen molar-refractivity contribution in [1.82, 2.24) is 4.90 Å². The Morgan fingerprint density at radius 3 is 2.65 bits per heavy atom. The second-order valence-electron chi connectivity index (χ2n) is 3.91. The molecule has 17 heavy (non-hydrogen) atoms. The molecular formula is C11H16N2O4. The summed E-state index contributed by atoms with van der Waals surface area (Å²) in [6, 6.07) is 2.41. The van der Waals surface area contributed by atoms with Crippen LogP contribution in [0.1, 0.15) is 17.9 Å². The minimum absolute atomic E-state index is 0.217. The number of aryl methyl sites for hydroxylation is 1. The number of carboxylic acids is 1. The molecule has 0 aliphatic heterocycles. The average molecular weight is 240 g/mol. The van der Waals surface area contributed by atoms with Gasteiger partial charge in [-0.1, -0.05) is 0 Å². The number of amides is 1. The van der Waals surface area contributed by atoms with Gasteiger partial charge in [0, 0.05) is 7.05 Å². The molecule has 1 heterocycles. The van der Waals surface area contributed by atoms with E-state index in [1.54, 1.807) is 19.2 Å². The van der Waals surface area contributed by atoms with E-state index in [-0.39, 0.29) is 12.3 Å². The van der Waals surface area contributed by atoms with Gasteiger partial charge in [-0.3, -0.25) is 9.59 Å². The molecule has 6 nitrogen and oxygen atoms in total. The maximum absolute atomic E-state index is 11.6. The summed E-state index contributed by atoms with van der Waals surface area (Å²) in [5.41, 5.74) is 5.28. The zero-order chi connectivity index (χ0) is 13.0. The summed E-state index contributed by atoms with van der Waals surface area (Å²) in [6.07, 6.45) is -0.217.